The average Bonchev–Trinajstić information content (AvgIpc) is 2.64. The van der Waals surface area contributed by atoms with Crippen molar-refractivity contribution in [1.29, 1.82) is 0 Å². The molecule has 0 spiro atoms. The Kier molecular flexibility index (Phi) is 6.51. The molecule has 0 saturated carbocycles. The number of ether oxygens (including phenoxy) is 1. The Hall–Kier alpha value is -2.30. The number of hydrogen-bond donors (Lipinski definition) is 2. The third kappa shape index (κ3) is 4.82. The van der Waals surface area contributed by atoms with Crippen molar-refractivity contribution in [2.24, 2.45) is 0 Å². The number of sulfone groups is 1. The van der Waals surface area contributed by atoms with Crippen LogP contribution in [-0.2, 0) is 14.6 Å². The van der Waals surface area contributed by atoms with E-state index in [1.54, 1.807) is 18.2 Å². The second kappa shape index (κ2) is 8.21. The predicted molar refractivity (Wildman–Crippen MR) is 101 cm³/mol. The zero-order valence-electron chi connectivity index (χ0n) is 15.2. The summed E-state index contributed by atoms with van der Waals surface area (Å²) >= 11 is 6.17. The molecule has 0 fully saturated rings. The second-order valence-electron chi connectivity index (χ2n) is 6.10. The minimum atomic E-state index is -5.24. The fraction of sp³-hybridized carbons (Fsp3) is 0.278. The quantitative estimate of drug-likeness (QED) is 0.687. The van der Waals surface area contributed by atoms with Crippen LogP contribution < -0.4 is 10.1 Å². The molecule has 6 nitrogen and oxygen atoms in total. The van der Waals surface area contributed by atoms with Crippen molar-refractivity contribution < 1.29 is 36.2 Å². The van der Waals surface area contributed by atoms with Crippen LogP contribution in [-0.4, -0.2) is 37.0 Å². The number of carbonyl (C=O) groups excluding carboxylic acids is 1. The monoisotopic (exact) mass is 451 g/mol. The summed E-state index contributed by atoms with van der Waals surface area (Å²) in [4.78, 5) is 11.6. The molecule has 0 aliphatic carbocycles. The topological polar surface area (TPSA) is 92.7 Å². The molecule has 11 heteroatoms. The van der Waals surface area contributed by atoms with E-state index in [4.69, 9.17) is 16.3 Å². The van der Waals surface area contributed by atoms with Gasteiger partial charge in [-0.1, -0.05) is 36.7 Å². The second-order valence-corrected chi connectivity index (χ2v) is 8.72. The first-order valence-corrected chi connectivity index (χ1v) is 10.2. The Balaban J connectivity index is 2.54. The van der Waals surface area contributed by atoms with Crippen LogP contribution in [0.15, 0.2) is 47.4 Å². The van der Waals surface area contributed by atoms with Gasteiger partial charge in [-0.25, -0.2) is 8.42 Å². The molecule has 0 bridgehead atoms. The number of anilines is 1. The number of aliphatic hydroxyl groups is 1. The zero-order chi connectivity index (χ0) is 22.0. The van der Waals surface area contributed by atoms with Crippen LogP contribution in [0.3, 0.4) is 0 Å². The van der Waals surface area contributed by atoms with Crippen LogP contribution in [0.2, 0.25) is 5.02 Å². The maximum absolute atomic E-state index is 12.9. The van der Waals surface area contributed by atoms with Crippen molar-refractivity contribution in [2.75, 3.05) is 11.1 Å². The number of amides is 1. The minimum Gasteiger partial charge on any atom is -0.454 e. The Morgan fingerprint density at radius 2 is 1.76 bits per heavy atom. The van der Waals surface area contributed by atoms with E-state index in [1.807, 2.05) is 5.32 Å². The van der Waals surface area contributed by atoms with Gasteiger partial charge < -0.3 is 15.2 Å². The van der Waals surface area contributed by atoms with Crippen molar-refractivity contribution >= 4 is 33.0 Å². The van der Waals surface area contributed by atoms with Crippen LogP contribution in [0.5, 0.6) is 11.5 Å². The lowest BCUT2D eigenvalue weighted by Gasteiger charge is -2.25. The van der Waals surface area contributed by atoms with Gasteiger partial charge in [-0.2, -0.15) is 13.2 Å². The van der Waals surface area contributed by atoms with Gasteiger partial charge in [0, 0.05) is 0 Å². The van der Waals surface area contributed by atoms with Gasteiger partial charge in [-0.05, 0) is 31.2 Å². The van der Waals surface area contributed by atoms with E-state index in [9.17, 15) is 31.5 Å². The van der Waals surface area contributed by atoms with E-state index in [1.165, 1.54) is 19.1 Å². The van der Waals surface area contributed by atoms with E-state index < -0.39 is 32.5 Å². The van der Waals surface area contributed by atoms with Gasteiger partial charge in [0.1, 0.15) is 15.7 Å². The highest BCUT2D eigenvalue weighted by Gasteiger charge is 2.55. The minimum absolute atomic E-state index is 0.215. The van der Waals surface area contributed by atoms with Crippen molar-refractivity contribution in [3.05, 3.63) is 47.5 Å². The molecule has 158 valence electrons. The molecule has 0 saturated heterocycles. The lowest BCUT2D eigenvalue weighted by atomic mass is 10.1. The Morgan fingerprint density at radius 3 is 2.28 bits per heavy atom. The van der Waals surface area contributed by atoms with Gasteiger partial charge in [-0.15, -0.1) is 0 Å². The predicted octanol–water partition coefficient (Wildman–Crippen LogP) is 4.18. The molecule has 0 aliphatic heterocycles. The lowest BCUT2D eigenvalue weighted by Crippen LogP contribution is -2.52. The molecule has 2 N–H and O–H groups in total. The van der Waals surface area contributed by atoms with Gasteiger partial charge in [-0.3, -0.25) is 4.79 Å². The van der Waals surface area contributed by atoms with Crippen molar-refractivity contribution in [3.63, 3.8) is 0 Å². The molecular weight excluding hydrogens is 435 g/mol. The molecule has 29 heavy (non-hydrogen) atoms. The number of hydrogen-bond acceptors (Lipinski definition) is 5. The average molecular weight is 452 g/mol. The molecule has 1 atom stereocenters. The van der Waals surface area contributed by atoms with E-state index >= 15 is 0 Å². The van der Waals surface area contributed by atoms with Gasteiger partial charge in [0.15, 0.2) is 15.6 Å². The van der Waals surface area contributed by atoms with Gasteiger partial charge >= 0.3 is 6.18 Å². The number of carbonyl (C=O) groups is 1. The normalized spacial score (nSPS) is 14.2. The van der Waals surface area contributed by atoms with Gasteiger partial charge in [0.05, 0.1) is 11.4 Å². The lowest BCUT2D eigenvalue weighted by molar-refractivity contribution is -0.242. The first-order valence-electron chi connectivity index (χ1n) is 8.20. The van der Waals surface area contributed by atoms with Crippen molar-refractivity contribution in [2.45, 2.75) is 30.5 Å². The summed E-state index contributed by atoms with van der Waals surface area (Å²) in [5.41, 5.74) is -4.05. The smallest absolute Gasteiger partial charge is 0.426 e. The number of alkyl halides is 3. The number of benzene rings is 2. The number of halogens is 4. The first-order chi connectivity index (χ1) is 13.3. The summed E-state index contributed by atoms with van der Waals surface area (Å²) in [6.45, 7) is 1.68. The standard InChI is InChI=1S/C18H17ClF3NO5S/c1-3-29(26,27)13-10-9-12(23-16(24)17(2,25)18(20,21)22)14(19)15(13)28-11-7-5-4-6-8-11/h4-10,25H,3H2,1-2H3,(H,23,24)/t17-/m1/s1. The zero-order valence-corrected chi connectivity index (χ0v) is 16.8. The van der Waals surface area contributed by atoms with Crippen molar-refractivity contribution in [3.8, 4) is 11.5 Å². The molecule has 2 aromatic rings. The summed E-state index contributed by atoms with van der Waals surface area (Å²) < 4.78 is 68.9. The third-order valence-corrected chi connectivity index (χ3v) is 6.11. The van der Waals surface area contributed by atoms with E-state index in [2.05, 4.69) is 0 Å². The number of para-hydroxylation sites is 1. The summed E-state index contributed by atoms with van der Waals surface area (Å²) in [5.74, 6) is -2.22. The third-order valence-electron chi connectivity index (χ3n) is 3.98. The molecule has 0 radical (unpaired) electrons. The van der Waals surface area contributed by atoms with Crippen LogP contribution in [0.1, 0.15) is 13.8 Å². The first kappa shape index (κ1) is 23.0. The van der Waals surface area contributed by atoms with Gasteiger partial charge in [0.25, 0.3) is 5.91 Å². The molecule has 1 amide bonds. The van der Waals surface area contributed by atoms with Gasteiger partial charge in [0.2, 0.25) is 5.60 Å². The summed E-state index contributed by atoms with van der Waals surface area (Å²) in [5, 5.41) is 10.9. The Labute approximate surface area is 170 Å². The Bertz CT molecular complexity index is 1010. The SMILES string of the molecule is CCS(=O)(=O)c1ccc(NC(=O)[C@@](C)(O)C(F)(F)F)c(Cl)c1Oc1ccccc1. The largest absolute Gasteiger partial charge is 0.454 e. The van der Waals surface area contributed by atoms with Crippen molar-refractivity contribution in [1.82, 2.24) is 0 Å². The molecule has 0 aromatic heterocycles. The summed E-state index contributed by atoms with van der Waals surface area (Å²) in [6.07, 6.45) is -5.24. The van der Waals surface area contributed by atoms with E-state index in [0.717, 1.165) is 12.1 Å². The highest BCUT2D eigenvalue weighted by molar-refractivity contribution is 7.91. The fourth-order valence-corrected chi connectivity index (χ4v) is 3.43. The Morgan fingerprint density at radius 1 is 1.17 bits per heavy atom. The molecule has 2 rings (SSSR count). The fourth-order valence-electron chi connectivity index (χ4n) is 2.11. The highest BCUT2D eigenvalue weighted by atomic mass is 35.5. The van der Waals surface area contributed by atoms with Crippen LogP contribution in [0.25, 0.3) is 0 Å². The highest BCUT2D eigenvalue weighted by Crippen LogP contribution is 2.41. The molecule has 0 unspecified atom stereocenters. The van der Waals surface area contributed by atoms with Crippen LogP contribution in [0.4, 0.5) is 18.9 Å². The number of rotatable bonds is 6. The maximum Gasteiger partial charge on any atom is 0.426 e. The van der Waals surface area contributed by atoms with E-state index in [-0.39, 0.29) is 34.8 Å². The summed E-state index contributed by atoms with van der Waals surface area (Å²) in [7, 11) is -3.82. The summed E-state index contributed by atoms with van der Waals surface area (Å²) in [6, 6.07) is 10.0. The molecular formula is C18H17ClF3NO5S. The van der Waals surface area contributed by atoms with Crippen LogP contribution >= 0.6 is 11.6 Å². The molecule has 0 heterocycles. The molecule has 2 aromatic carbocycles. The molecule has 0 aliphatic rings. The maximum atomic E-state index is 12.9. The van der Waals surface area contributed by atoms with Crippen LogP contribution in [0, 0.1) is 0 Å². The van der Waals surface area contributed by atoms with E-state index in [0.29, 0.717) is 0 Å². The number of nitrogens with one attached hydrogen (secondary N) is 1.